The Kier molecular flexibility index (Phi) is 4.63. The third kappa shape index (κ3) is 3.10. The van der Waals surface area contributed by atoms with E-state index in [1.165, 1.54) is 0 Å². The third-order valence-electron chi connectivity index (χ3n) is 5.27. The van der Waals surface area contributed by atoms with Gasteiger partial charge in [-0.15, -0.1) is 6.58 Å². The Bertz CT molecular complexity index is 669. The van der Waals surface area contributed by atoms with Crippen LogP contribution in [0.15, 0.2) is 41.8 Å². The minimum atomic E-state index is -3.40. The second-order valence-corrected chi connectivity index (χ2v) is 8.76. The molecule has 23 heavy (non-hydrogen) atoms. The zero-order chi connectivity index (χ0) is 16.5. The molecule has 0 amide bonds. The van der Waals surface area contributed by atoms with E-state index in [2.05, 4.69) is 11.5 Å². The highest BCUT2D eigenvalue weighted by molar-refractivity contribution is 7.89. The summed E-state index contributed by atoms with van der Waals surface area (Å²) in [5.74, 6) is 0. The van der Waals surface area contributed by atoms with Crippen LogP contribution in [0.5, 0.6) is 0 Å². The van der Waals surface area contributed by atoms with Gasteiger partial charge in [-0.1, -0.05) is 23.8 Å². The maximum absolute atomic E-state index is 13.0. The average Bonchev–Trinajstić information content (AvgIpc) is 2.90. The normalized spacial score (nSPS) is 26.7. The van der Waals surface area contributed by atoms with Crippen LogP contribution in [0.2, 0.25) is 0 Å². The van der Waals surface area contributed by atoms with Gasteiger partial charge < -0.3 is 0 Å². The Hall–Kier alpha value is -1.17. The van der Waals surface area contributed by atoms with Crippen molar-refractivity contribution in [2.45, 2.75) is 43.0 Å². The monoisotopic (exact) mass is 334 g/mol. The summed E-state index contributed by atoms with van der Waals surface area (Å²) in [4.78, 5) is 2.84. The molecule has 0 N–H and O–H groups in total. The van der Waals surface area contributed by atoms with Crippen LogP contribution in [0.25, 0.3) is 0 Å². The molecule has 1 spiro atoms. The van der Waals surface area contributed by atoms with E-state index in [0.717, 1.165) is 44.3 Å². The third-order valence-corrected chi connectivity index (χ3v) is 7.13. The Labute approximate surface area is 139 Å². The number of piperidine rings is 1. The Morgan fingerprint density at radius 2 is 1.83 bits per heavy atom. The van der Waals surface area contributed by atoms with Crippen LogP contribution in [-0.2, 0) is 10.0 Å². The summed E-state index contributed by atoms with van der Waals surface area (Å²) in [6, 6.07) is 7.18. The van der Waals surface area contributed by atoms with E-state index in [1.807, 2.05) is 25.1 Å². The SMILES string of the molecule is C=CCN1CCC[C@]12CCCN(S(=O)(=O)c1ccc(C)cc1)C2. The molecule has 0 aromatic heterocycles. The van der Waals surface area contributed by atoms with E-state index in [1.54, 1.807) is 16.4 Å². The quantitative estimate of drug-likeness (QED) is 0.795. The molecule has 2 saturated heterocycles. The maximum Gasteiger partial charge on any atom is 0.243 e. The molecular weight excluding hydrogens is 308 g/mol. The molecule has 1 aromatic rings. The van der Waals surface area contributed by atoms with Crippen LogP contribution in [0.3, 0.4) is 0 Å². The second kappa shape index (κ2) is 6.38. The van der Waals surface area contributed by atoms with Crippen molar-refractivity contribution in [3.05, 3.63) is 42.5 Å². The Morgan fingerprint density at radius 3 is 2.48 bits per heavy atom. The molecule has 0 radical (unpaired) electrons. The van der Waals surface area contributed by atoms with Gasteiger partial charge >= 0.3 is 0 Å². The molecule has 2 heterocycles. The highest BCUT2D eigenvalue weighted by Crippen LogP contribution is 2.38. The molecule has 126 valence electrons. The van der Waals surface area contributed by atoms with Crippen molar-refractivity contribution in [1.82, 2.24) is 9.21 Å². The van der Waals surface area contributed by atoms with Crippen molar-refractivity contribution >= 4 is 10.0 Å². The van der Waals surface area contributed by atoms with Crippen molar-refractivity contribution in [2.24, 2.45) is 0 Å². The van der Waals surface area contributed by atoms with Crippen molar-refractivity contribution in [2.75, 3.05) is 26.2 Å². The minimum Gasteiger partial charge on any atom is -0.293 e. The lowest BCUT2D eigenvalue weighted by molar-refractivity contribution is 0.0841. The van der Waals surface area contributed by atoms with Crippen LogP contribution in [0.4, 0.5) is 0 Å². The van der Waals surface area contributed by atoms with E-state index >= 15 is 0 Å². The molecule has 0 aliphatic carbocycles. The number of hydrogen-bond acceptors (Lipinski definition) is 3. The Balaban J connectivity index is 1.85. The smallest absolute Gasteiger partial charge is 0.243 e. The van der Waals surface area contributed by atoms with Crippen molar-refractivity contribution < 1.29 is 8.42 Å². The number of aryl methyl sites for hydroxylation is 1. The van der Waals surface area contributed by atoms with Gasteiger partial charge in [-0.25, -0.2) is 8.42 Å². The molecule has 1 atom stereocenters. The number of hydrogen-bond donors (Lipinski definition) is 0. The summed E-state index contributed by atoms with van der Waals surface area (Å²) in [7, 11) is -3.40. The van der Waals surface area contributed by atoms with Crippen molar-refractivity contribution in [3.8, 4) is 0 Å². The molecular formula is C18H26N2O2S. The number of likely N-dealkylation sites (tertiary alicyclic amines) is 1. The lowest BCUT2D eigenvalue weighted by atomic mass is 9.87. The molecule has 3 rings (SSSR count). The van der Waals surface area contributed by atoms with Crippen LogP contribution in [-0.4, -0.2) is 49.3 Å². The summed E-state index contributed by atoms with van der Waals surface area (Å²) in [6.45, 7) is 8.95. The van der Waals surface area contributed by atoms with Crippen LogP contribution in [0, 0.1) is 6.92 Å². The summed E-state index contributed by atoms with van der Waals surface area (Å²) < 4.78 is 27.7. The fraction of sp³-hybridized carbons (Fsp3) is 0.556. The maximum atomic E-state index is 13.0. The first-order chi connectivity index (χ1) is 11.0. The van der Waals surface area contributed by atoms with E-state index in [9.17, 15) is 8.42 Å². The van der Waals surface area contributed by atoms with Crippen LogP contribution >= 0.6 is 0 Å². The first-order valence-electron chi connectivity index (χ1n) is 8.41. The van der Waals surface area contributed by atoms with Gasteiger partial charge in [0.25, 0.3) is 0 Å². The van der Waals surface area contributed by atoms with Crippen molar-refractivity contribution in [1.29, 1.82) is 0 Å². The Morgan fingerprint density at radius 1 is 1.17 bits per heavy atom. The number of nitrogens with zero attached hydrogens (tertiary/aromatic N) is 2. The largest absolute Gasteiger partial charge is 0.293 e. The number of benzene rings is 1. The zero-order valence-corrected chi connectivity index (χ0v) is 14.7. The van der Waals surface area contributed by atoms with E-state index < -0.39 is 10.0 Å². The highest BCUT2D eigenvalue weighted by atomic mass is 32.2. The predicted octanol–water partition coefficient (Wildman–Crippen LogP) is 2.80. The first-order valence-corrected chi connectivity index (χ1v) is 9.85. The first kappa shape index (κ1) is 16.7. The van der Waals surface area contributed by atoms with Gasteiger partial charge in [-0.2, -0.15) is 4.31 Å². The highest BCUT2D eigenvalue weighted by Gasteiger charge is 2.45. The summed E-state index contributed by atoms with van der Waals surface area (Å²) >= 11 is 0. The molecule has 2 aliphatic rings. The molecule has 2 fully saturated rings. The van der Waals surface area contributed by atoms with E-state index in [0.29, 0.717) is 18.0 Å². The molecule has 0 bridgehead atoms. The summed E-state index contributed by atoms with van der Waals surface area (Å²) in [5.41, 5.74) is 1.08. The van der Waals surface area contributed by atoms with Gasteiger partial charge in [-0.05, 0) is 51.3 Å². The lowest BCUT2D eigenvalue weighted by Crippen LogP contribution is -2.56. The molecule has 4 nitrogen and oxygen atoms in total. The van der Waals surface area contributed by atoms with E-state index in [-0.39, 0.29) is 5.54 Å². The van der Waals surface area contributed by atoms with Gasteiger partial charge in [0.05, 0.1) is 4.90 Å². The second-order valence-electron chi connectivity index (χ2n) is 6.82. The molecule has 0 saturated carbocycles. The fourth-order valence-electron chi connectivity index (χ4n) is 4.03. The molecule has 5 heteroatoms. The zero-order valence-electron chi connectivity index (χ0n) is 13.9. The predicted molar refractivity (Wildman–Crippen MR) is 92.9 cm³/mol. The van der Waals surface area contributed by atoms with Gasteiger partial charge in [0.2, 0.25) is 10.0 Å². The van der Waals surface area contributed by atoms with E-state index in [4.69, 9.17) is 0 Å². The van der Waals surface area contributed by atoms with Gasteiger partial charge in [-0.3, -0.25) is 4.90 Å². The van der Waals surface area contributed by atoms with Gasteiger partial charge in [0.15, 0.2) is 0 Å². The average molecular weight is 334 g/mol. The van der Waals surface area contributed by atoms with Gasteiger partial charge in [0, 0.05) is 25.2 Å². The number of sulfonamides is 1. The standard InChI is InChI=1S/C18H26N2O2S/c1-3-12-19-13-4-10-18(19)11-5-14-20(15-18)23(21,22)17-8-6-16(2)7-9-17/h3,6-9H,1,4-5,10-15H2,2H3/t18-/m1/s1. The topological polar surface area (TPSA) is 40.6 Å². The minimum absolute atomic E-state index is 0.00417. The summed E-state index contributed by atoms with van der Waals surface area (Å²) in [6.07, 6.45) is 6.17. The lowest BCUT2D eigenvalue weighted by Gasteiger charge is -2.45. The molecule has 1 aromatic carbocycles. The number of rotatable bonds is 4. The summed E-state index contributed by atoms with van der Waals surface area (Å²) in [5, 5.41) is 0. The van der Waals surface area contributed by atoms with Crippen molar-refractivity contribution in [3.63, 3.8) is 0 Å². The van der Waals surface area contributed by atoms with Crippen LogP contribution < -0.4 is 0 Å². The fourth-order valence-corrected chi connectivity index (χ4v) is 5.59. The molecule has 2 aliphatic heterocycles. The van der Waals surface area contributed by atoms with Crippen LogP contribution in [0.1, 0.15) is 31.2 Å². The molecule has 0 unspecified atom stereocenters. The van der Waals surface area contributed by atoms with Gasteiger partial charge in [0.1, 0.15) is 0 Å².